The summed E-state index contributed by atoms with van der Waals surface area (Å²) in [5.41, 5.74) is 3.76. The molecule has 5 aromatic rings. The van der Waals surface area contributed by atoms with Crippen LogP contribution in [0.15, 0.2) is 108 Å². The summed E-state index contributed by atoms with van der Waals surface area (Å²) in [6, 6.07) is 21.8. The molecule has 1 radical (unpaired) electrons. The van der Waals surface area contributed by atoms with Gasteiger partial charge in [-0.05, 0) is 72.9 Å². The summed E-state index contributed by atoms with van der Waals surface area (Å²) < 4.78 is 85.3. The molecule has 0 spiro atoms. The van der Waals surface area contributed by atoms with Gasteiger partial charge in [0.05, 0.1) is 8.22 Å². The van der Waals surface area contributed by atoms with Gasteiger partial charge in [-0.15, -0.1) is 53.6 Å². The minimum Gasteiger partial charge on any atom is -0.508 e. The number of aromatic nitrogens is 2. The molecule has 2 fully saturated rings. The van der Waals surface area contributed by atoms with Crippen LogP contribution in [0, 0.1) is 19.0 Å². The van der Waals surface area contributed by atoms with Gasteiger partial charge in [-0.1, -0.05) is 92.5 Å². The first-order valence-corrected chi connectivity index (χ1v) is 15.5. The topological polar surface area (TPSA) is 38.9 Å². The third kappa shape index (κ3) is 8.78. The maximum atomic E-state index is 9.07. The van der Waals surface area contributed by atoms with Gasteiger partial charge in [0.25, 0.3) is 0 Å². The molecule has 0 aliphatic heterocycles. The normalized spacial score (nSPS) is 19.5. The van der Waals surface area contributed by atoms with Crippen LogP contribution in [0.2, 0.25) is 0 Å². The number of para-hydroxylation sites is 1. The summed E-state index contributed by atoms with van der Waals surface area (Å²) >= 11 is 0. The zero-order chi connectivity index (χ0) is 38.6. The monoisotopic (exact) mass is 781 g/mol. The first kappa shape index (κ1) is 22.0. The fourth-order valence-electron chi connectivity index (χ4n) is 6.04. The Bertz CT molecular complexity index is 2190. The molecule has 3 aromatic heterocycles. The SMILES string of the molecule is [2H]c1c(C([2H])([2H])[2H])cnc(-c2[c-]cccc3cccc(C4([2H])CCCCC4)c3oc2)c1[2H].[2H]c1nc(-c2[c-]ccc(C3CCCCC3)c2)c([2H])c([2H])c1[2H].[Ir]. The predicted molar refractivity (Wildman–Crippen MR) is 181 cm³/mol. The van der Waals surface area contributed by atoms with Crippen molar-refractivity contribution in [2.75, 3.05) is 0 Å². The average Bonchev–Trinajstić information content (AvgIpc) is 3.27. The second-order valence-corrected chi connectivity index (χ2v) is 11.3. The molecule has 0 atom stereocenters. The van der Waals surface area contributed by atoms with Gasteiger partial charge in [0.15, 0.2) is 0 Å². The molecule has 0 saturated heterocycles. The average molecular weight is 781 g/mol. The molecular formula is C41H42IrN2O-2. The number of fused-ring (bicyclic) bond motifs is 1. The summed E-state index contributed by atoms with van der Waals surface area (Å²) in [6.45, 7) is -2.51. The summed E-state index contributed by atoms with van der Waals surface area (Å²) in [5.74, 6) is -0.178. The smallest absolute Gasteiger partial charge is 0.123 e. The molecule has 2 aliphatic carbocycles. The molecule has 2 aliphatic rings. The second kappa shape index (κ2) is 16.6. The molecule has 0 bridgehead atoms. The van der Waals surface area contributed by atoms with E-state index in [2.05, 4.69) is 28.2 Å². The van der Waals surface area contributed by atoms with Crippen molar-refractivity contribution in [3.05, 3.63) is 132 Å². The van der Waals surface area contributed by atoms with Gasteiger partial charge >= 0.3 is 0 Å². The quantitative estimate of drug-likeness (QED) is 0.171. The van der Waals surface area contributed by atoms with Gasteiger partial charge in [0.1, 0.15) is 5.58 Å². The molecular weight excluding hydrogens is 729 g/mol. The second-order valence-electron chi connectivity index (χ2n) is 11.3. The summed E-state index contributed by atoms with van der Waals surface area (Å²) in [5, 5.41) is 0.841. The van der Waals surface area contributed by atoms with Crippen LogP contribution < -0.4 is 0 Å². The van der Waals surface area contributed by atoms with Crippen LogP contribution in [0.1, 0.15) is 106 Å². The number of rotatable bonds is 4. The Morgan fingerprint density at radius 1 is 0.822 bits per heavy atom. The zero-order valence-electron chi connectivity index (χ0n) is 35.1. The standard InChI is InChI=1S/C24H24NO.C17H18N.Ir/c1-18-14-15-23(25-16-18)21-11-6-5-10-20-12-7-13-22(24(20)26-17-21)19-8-3-2-4-9-19;1-2-7-14(8-3-1)15-9-6-10-16(13-15)17-11-4-5-12-18-17;/h5-7,10,12-17,19H,2-4,8-9H2,1H3;4-6,9,11-14H,1-3,7-8H2;/q2*-1;/i1D3,14D,15D,19D;4D,5D,11D,12D;. The Labute approximate surface area is 296 Å². The van der Waals surface area contributed by atoms with Crippen LogP contribution in [0.3, 0.4) is 0 Å². The molecule has 0 N–H and O–H groups in total. The maximum Gasteiger partial charge on any atom is 0.123 e. The molecule has 7 rings (SSSR count). The number of aryl methyl sites for hydroxylation is 1. The Morgan fingerprint density at radius 2 is 1.60 bits per heavy atom. The van der Waals surface area contributed by atoms with Crippen molar-refractivity contribution in [1.82, 2.24) is 9.97 Å². The Kier molecular flexibility index (Phi) is 8.15. The van der Waals surface area contributed by atoms with Gasteiger partial charge in [0.2, 0.25) is 0 Å². The molecule has 0 unspecified atom stereocenters. The van der Waals surface area contributed by atoms with Crippen LogP contribution in [-0.2, 0) is 20.1 Å². The van der Waals surface area contributed by atoms with Gasteiger partial charge in [-0.2, -0.15) is 0 Å². The van der Waals surface area contributed by atoms with E-state index in [4.69, 9.17) is 18.1 Å². The first-order chi connectivity index (χ1) is 25.8. The van der Waals surface area contributed by atoms with Crippen LogP contribution in [0.25, 0.3) is 33.5 Å². The summed E-state index contributed by atoms with van der Waals surface area (Å²) in [7, 11) is 0. The van der Waals surface area contributed by atoms with Crippen LogP contribution in [-0.4, -0.2) is 9.97 Å². The molecule has 45 heavy (non-hydrogen) atoms. The van der Waals surface area contributed by atoms with E-state index in [1.54, 1.807) is 12.1 Å². The van der Waals surface area contributed by atoms with E-state index in [0.29, 0.717) is 22.6 Å². The molecule has 233 valence electrons. The van der Waals surface area contributed by atoms with Crippen molar-refractivity contribution in [3.8, 4) is 22.5 Å². The minimum atomic E-state index is -2.51. The maximum absolute atomic E-state index is 9.07. The third-order valence-electron chi connectivity index (χ3n) is 8.31. The Morgan fingerprint density at radius 3 is 2.44 bits per heavy atom. The van der Waals surface area contributed by atoms with Crippen LogP contribution in [0.4, 0.5) is 0 Å². The fraction of sp³-hybridized carbons (Fsp3) is 0.317. The van der Waals surface area contributed by atoms with E-state index in [0.717, 1.165) is 49.3 Å². The number of hydrogen-bond acceptors (Lipinski definition) is 3. The van der Waals surface area contributed by atoms with Gasteiger partial charge in [0, 0.05) is 49.6 Å². The Hall–Kier alpha value is -3.59. The summed E-state index contributed by atoms with van der Waals surface area (Å²) in [4.78, 5) is 8.18. The molecule has 4 heteroatoms. The van der Waals surface area contributed by atoms with Gasteiger partial charge in [-0.3, -0.25) is 0 Å². The molecule has 3 heterocycles. The van der Waals surface area contributed by atoms with Crippen molar-refractivity contribution in [3.63, 3.8) is 0 Å². The van der Waals surface area contributed by atoms with E-state index >= 15 is 0 Å². The van der Waals surface area contributed by atoms with Crippen molar-refractivity contribution in [1.29, 1.82) is 0 Å². The van der Waals surface area contributed by atoms with Crippen molar-refractivity contribution in [2.45, 2.75) is 82.9 Å². The van der Waals surface area contributed by atoms with Crippen molar-refractivity contribution in [2.24, 2.45) is 0 Å². The fourth-order valence-corrected chi connectivity index (χ4v) is 6.04. The van der Waals surface area contributed by atoms with E-state index in [1.165, 1.54) is 43.9 Å². The Balaban J connectivity index is 0.000000221. The number of nitrogens with zero attached hydrogens (tertiary/aromatic N) is 2. The van der Waals surface area contributed by atoms with E-state index < -0.39 is 12.7 Å². The zero-order valence-corrected chi connectivity index (χ0v) is 27.5. The van der Waals surface area contributed by atoms with Crippen molar-refractivity contribution >= 4 is 11.0 Å². The minimum absolute atomic E-state index is 0. The van der Waals surface area contributed by atoms with Gasteiger partial charge in [-0.25, -0.2) is 0 Å². The molecule has 3 nitrogen and oxygen atoms in total. The first-order valence-electron chi connectivity index (χ1n) is 20.5. The van der Waals surface area contributed by atoms with E-state index in [1.807, 2.05) is 36.4 Å². The number of pyridine rings is 2. The van der Waals surface area contributed by atoms with Crippen molar-refractivity contribution < 1.29 is 38.2 Å². The largest absolute Gasteiger partial charge is 0.508 e. The molecule has 0 amide bonds. The summed E-state index contributed by atoms with van der Waals surface area (Å²) in [6.07, 6.45) is 13.2. The third-order valence-corrected chi connectivity index (χ3v) is 8.31. The number of benzene rings is 2. The van der Waals surface area contributed by atoms with Crippen LogP contribution >= 0.6 is 0 Å². The van der Waals surface area contributed by atoms with Crippen LogP contribution in [0.5, 0.6) is 0 Å². The predicted octanol–water partition coefficient (Wildman–Crippen LogP) is 11.4. The molecule has 2 saturated carbocycles. The molecule has 2 aromatic carbocycles. The van der Waals surface area contributed by atoms with E-state index in [-0.39, 0.29) is 73.4 Å². The van der Waals surface area contributed by atoms with Gasteiger partial charge < -0.3 is 14.4 Å². The number of hydrogen-bond donors (Lipinski definition) is 0. The van der Waals surface area contributed by atoms with E-state index in [9.17, 15) is 0 Å².